The maximum atomic E-state index is 12.8. The molecule has 2 amide bonds. The molecule has 2 aromatic rings. The SMILES string of the molecule is COc1cc(CN(C(=O)NCc2ccc(OC)c(OC)c2)C2CC2)ccc1O. The Balaban J connectivity index is 1.65. The predicted octanol–water partition coefficient (Wildman–Crippen LogP) is 3.29. The Hall–Kier alpha value is -3.09. The molecule has 2 N–H and O–H groups in total. The largest absolute Gasteiger partial charge is 0.504 e. The van der Waals surface area contributed by atoms with Crippen LogP contribution in [-0.4, -0.2) is 43.4 Å². The standard InChI is InChI=1S/C21H26N2O5/c1-26-18-9-5-14(10-20(18)28-3)12-22-21(25)23(16-6-7-16)13-15-4-8-17(24)19(11-15)27-2/h4-5,8-11,16,24H,6-7,12-13H2,1-3H3,(H,22,25). The first-order valence-electron chi connectivity index (χ1n) is 9.17. The highest BCUT2D eigenvalue weighted by molar-refractivity contribution is 5.75. The summed E-state index contributed by atoms with van der Waals surface area (Å²) in [4.78, 5) is 14.6. The molecule has 1 fully saturated rings. The molecule has 0 heterocycles. The number of nitrogens with zero attached hydrogens (tertiary/aromatic N) is 1. The summed E-state index contributed by atoms with van der Waals surface area (Å²) in [6, 6.07) is 10.8. The van der Waals surface area contributed by atoms with E-state index in [9.17, 15) is 9.90 Å². The lowest BCUT2D eigenvalue weighted by molar-refractivity contribution is 0.191. The second-order valence-electron chi connectivity index (χ2n) is 6.71. The maximum Gasteiger partial charge on any atom is 0.318 e. The summed E-state index contributed by atoms with van der Waals surface area (Å²) in [5.74, 6) is 1.77. The summed E-state index contributed by atoms with van der Waals surface area (Å²) in [5, 5.41) is 12.7. The fourth-order valence-electron chi connectivity index (χ4n) is 3.04. The molecule has 3 rings (SSSR count). The van der Waals surface area contributed by atoms with E-state index < -0.39 is 0 Å². The number of ether oxygens (including phenoxy) is 3. The second-order valence-corrected chi connectivity index (χ2v) is 6.71. The highest BCUT2D eigenvalue weighted by Gasteiger charge is 2.32. The van der Waals surface area contributed by atoms with Crippen molar-refractivity contribution in [3.8, 4) is 23.0 Å². The van der Waals surface area contributed by atoms with Gasteiger partial charge in [-0.3, -0.25) is 0 Å². The number of hydrogen-bond donors (Lipinski definition) is 2. The Bertz CT molecular complexity index is 836. The van der Waals surface area contributed by atoms with Crippen molar-refractivity contribution in [2.45, 2.75) is 32.0 Å². The van der Waals surface area contributed by atoms with Gasteiger partial charge in [0, 0.05) is 19.1 Å². The molecule has 28 heavy (non-hydrogen) atoms. The van der Waals surface area contributed by atoms with Crippen LogP contribution in [0.4, 0.5) is 4.79 Å². The van der Waals surface area contributed by atoms with Gasteiger partial charge in [0.2, 0.25) is 0 Å². The van der Waals surface area contributed by atoms with Crippen LogP contribution in [0.5, 0.6) is 23.0 Å². The first-order chi connectivity index (χ1) is 13.5. The lowest BCUT2D eigenvalue weighted by Crippen LogP contribution is -2.40. The molecule has 150 valence electrons. The number of phenolic OH excluding ortho intramolecular Hbond substituents is 1. The molecule has 0 aromatic heterocycles. The molecule has 7 heteroatoms. The average molecular weight is 386 g/mol. The van der Waals surface area contributed by atoms with Gasteiger partial charge in [0.1, 0.15) is 0 Å². The van der Waals surface area contributed by atoms with Crippen molar-refractivity contribution in [2.75, 3.05) is 21.3 Å². The number of phenols is 1. The number of urea groups is 1. The van der Waals surface area contributed by atoms with Crippen molar-refractivity contribution in [2.24, 2.45) is 0 Å². The minimum Gasteiger partial charge on any atom is -0.504 e. The monoisotopic (exact) mass is 386 g/mol. The Labute approximate surface area is 164 Å². The average Bonchev–Trinajstić information content (AvgIpc) is 3.56. The van der Waals surface area contributed by atoms with E-state index in [1.54, 1.807) is 32.4 Å². The van der Waals surface area contributed by atoms with Gasteiger partial charge in [0.05, 0.1) is 21.3 Å². The number of benzene rings is 2. The van der Waals surface area contributed by atoms with Gasteiger partial charge in [0.15, 0.2) is 23.0 Å². The van der Waals surface area contributed by atoms with Crippen LogP contribution in [0.1, 0.15) is 24.0 Å². The summed E-state index contributed by atoms with van der Waals surface area (Å²) >= 11 is 0. The van der Waals surface area contributed by atoms with Crippen molar-refractivity contribution in [3.05, 3.63) is 47.5 Å². The quantitative estimate of drug-likeness (QED) is 0.728. The summed E-state index contributed by atoms with van der Waals surface area (Å²) in [6.45, 7) is 0.848. The minimum atomic E-state index is -0.121. The number of aromatic hydroxyl groups is 1. The zero-order valence-electron chi connectivity index (χ0n) is 16.4. The van der Waals surface area contributed by atoms with Gasteiger partial charge in [-0.1, -0.05) is 12.1 Å². The number of nitrogens with one attached hydrogen (secondary N) is 1. The molecule has 0 spiro atoms. The van der Waals surface area contributed by atoms with Crippen LogP contribution in [0.2, 0.25) is 0 Å². The van der Waals surface area contributed by atoms with Crippen molar-refractivity contribution in [1.29, 1.82) is 0 Å². The van der Waals surface area contributed by atoms with Gasteiger partial charge >= 0.3 is 6.03 Å². The van der Waals surface area contributed by atoms with Crippen molar-refractivity contribution >= 4 is 6.03 Å². The smallest absolute Gasteiger partial charge is 0.318 e. The van der Waals surface area contributed by atoms with E-state index in [0.717, 1.165) is 24.0 Å². The maximum absolute atomic E-state index is 12.8. The fraction of sp³-hybridized carbons (Fsp3) is 0.381. The molecule has 1 saturated carbocycles. The highest BCUT2D eigenvalue weighted by Crippen LogP contribution is 2.31. The molecule has 0 bridgehead atoms. The number of carbonyl (C=O) groups is 1. The summed E-state index contributed by atoms with van der Waals surface area (Å²) in [7, 11) is 4.68. The van der Waals surface area contributed by atoms with Gasteiger partial charge in [-0.15, -0.1) is 0 Å². The molecule has 0 saturated heterocycles. The van der Waals surface area contributed by atoms with Crippen molar-refractivity contribution in [3.63, 3.8) is 0 Å². The van der Waals surface area contributed by atoms with Crippen LogP contribution in [0, 0.1) is 0 Å². The lowest BCUT2D eigenvalue weighted by atomic mass is 10.2. The van der Waals surface area contributed by atoms with Gasteiger partial charge in [-0.05, 0) is 48.2 Å². The normalized spacial score (nSPS) is 13.0. The van der Waals surface area contributed by atoms with Crippen LogP contribution in [0.25, 0.3) is 0 Å². The Morgan fingerprint density at radius 1 is 1.00 bits per heavy atom. The molecule has 2 aromatic carbocycles. The summed E-state index contributed by atoms with van der Waals surface area (Å²) in [5.41, 5.74) is 1.83. The van der Waals surface area contributed by atoms with Gasteiger partial charge in [-0.2, -0.15) is 0 Å². The van der Waals surface area contributed by atoms with Crippen LogP contribution in [0.3, 0.4) is 0 Å². The first kappa shape index (κ1) is 19.7. The third-order valence-corrected chi connectivity index (χ3v) is 4.74. The zero-order valence-corrected chi connectivity index (χ0v) is 16.4. The van der Waals surface area contributed by atoms with E-state index in [1.165, 1.54) is 7.11 Å². The molecular formula is C21H26N2O5. The van der Waals surface area contributed by atoms with Crippen LogP contribution >= 0.6 is 0 Å². The molecule has 7 nitrogen and oxygen atoms in total. The second kappa shape index (κ2) is 8.73. The Kier molecular flexibility index (Phi) is 6.13. The Morgan fingerprint density at radius 3 is 2.29 bits per heavy atom. The number of methoxy groups -OCH3 is 3. The van der Waals surface area contributed by atoms with Gasteiger partial charge in [-0.25, -0.2) is 4.79 Å². The molecule has 0 atom stereocenters. The first-order valence-corrected chi connectivity index (χ1v) is 9.17. The number of amides is 2. The van der Waals surface area contributed by atoms with E-state index in [2.05, 4.69) is 5.32 Å². The third kappa shape index (κ3) is 4.60. The van der Waals surface area contributed by atoms with Crippen molar-refractivity contribution < 1.29 is 24.1 Å². The number of rotatable bonds is 8. The highest BCUT2D eigenvalue weighted by atomic mass is 16.5. The zero-order chi connectivity index (χ0) is 20.1. The van der Waals surface area contributed by atoms with E-state index in [-0.39, 0.29) is 17.8 Å². The molecule has 0 aliphatic heterocycles. The Morgan fingerprint density at radius 2 is 1.64 bits per heavy atom. The summed E-state index contributed by atoms with van der Waals surface area (Å²) < 4.78 is 15.7. The van der Waals surface area contributed by atoms with Gasteiger partial charge < -0.3 is 29.5 Å². The van der Waals surface area contributed by atoms with Gasteiger partial charge in [0.25, 0.3) is 0 Å². The molecule has 1 aliphatic rings. The van der Waals surface area contributed by atoms with Crippen molar-refractivity contribution in [1.82, 2.24) is 10.2 Å². The number of carbonyl (C=O) groups excluding carboxylic acids is 1. The van der Waals surface area contributed by atoms with Crippen LogP contribution in [0.15, 0.2) is 36.4 Å². The molecular weight excluding hydrogens is 360 g/mol. The fourth-order valence-corrected chi connectivity index (χ4v) is 3.04. The van der Waals surface area contributed by atoms with E-state index in [0.29, 0.717) is 30.3 Å². The van der Waals surface area contributed by atoms with Crippen LogP contribution in [-0.2, 0) is 13.1 Å². The third-order valence-electron chi connectivity index (χ3n) is 4.74. The van der Waals surface area contributed by atoms with Crippen LogP contribution < -0.4 is 19.5 Å². The van der Waals surface area contributed by atoms with E-state index in [4.69, 9.17) is 14.2 Å². The molecule has 1 aliphatic carbocycles. The number of hydrogen-bond acceptors (Lipinski definition) is 5. The lowest BCUT2D eigenvalue weighted by Gasteiger charge is -2.23. The summed E-state index contributed by atoms with van der Waals surface area (Å²) in [6.07, 6.45) is 2.00. The molecule has 0 unspecified atom stereocenters. The topological polar surface area (TPSA) is 80.3 Å². The molecule has 0 radical (unpaired) electrons. The predicted molar refractivity (Wildman–Crippen MR) is 105 cm³/mol. The van der Waals surface area contributed by atoms with E-state index >= 15 is 0 Å². The minimum absolute atomic E-state index is 0.0853. The van der Waals surface area contributed by atoms with E-state index in [1.807, 2.05) is 23.1 Å².